The van der Waals surface area contributed by atoms with Crippen LogP contribution in [0.4, 0.5) is 0 Å². The number of benzene rings is 1. The lowest BCUT2D eigenvalue weighted by Crippen LogP contribution is -2.36. The summed E-state index contributed by atoms with van der Waals surface area (Å²) in [4.78, 5) is 2.44. The smallest absolute Gasteiger partial charge is 0.231 e. The van der Waals surface area contributed by atoms with Gasteiger partial charge in [-0.05, 0) is 49.9 Å². The van der Waals surface area contributed by atoms with E-state index in [1.165, 1.54) is 5.56 Å². The number of ether oxygens (including phenoxy) is 2. The van der Waals surface area contributed by atoms with Crippen molar-refractivity contribution in [1.29, 1.82) is 0 Å². The van der Waals surface area contributed by atoms with Crippen LogP contribution in [0.15, 0.2) is 18.2 Å². The van der Waals surface area contributed by atoms with Gasteiger partial charge >= 0.3 is 0 Å². The molecule has 4 nitrogen and oxygen atoms in total. The molecule has 4 heteroatoms. The fourth-order valence-corrected chi connectivity index (χ4v) is 2.75. The van der Waals surface area contributed by atoms with Gasteiger partial charge in [0.15, 0.2) is 11.5 Å². The topological polar surface area (TPSA) is 41.9 Å². The maximum atomic E-state index is 9.47. The van der Waals surface area contributed by atoms with Crippen molar-refractivity contribution in [2.45, 2.75) is 31.8 Å². The Hall–Kier alpha value is -1.26. The number of fused-ring (bicyclic) bond motifs is 1. The van der Waals surface area contributed by atoms with Crippen LogP contribution in [0, 0.1) is 0 Å². The van der Waals surface area contributed by atoms with Gasteiger partial charge in [0.25, 0.3) is 0 Å². The number of piperidine rings is 1. The quantitative estimate of drug-likeness (QED) is 0.899. The zero-order chi connectivity index (χ0) is 13.1. The molecule has 0 saturated carbocycles. The number of aryl methyl sites for hydroxylation is 1. The van der Waals surface area contributed by atoms with Crippen LogP contribution in [-0.4, -0.2) is 42.5 Å². The van der Waals surface area contributed by atoms with Crippen molar-refractivity contribution in [2.24, 2.45) is 0 Å². The Morgan fingerprint density at radius 1 is 1.16 bits per heavy atom. The van der Waals surface area contributed by atoms with Gasteiger partial charge in [-0.2, -0.15) is 0 Å². The molecule has 19 heavy (non-hydrogen) atoms. The third-order valence-corrected chi connectivity index (χ3v) is 3.93. The number of rotatable bonds is 4. The highest BCUT2D eigenvalue weighted by Gasteiger charge is 2.16. The second-order valence-electron chi connectivity index (χ2n) is 5.36. The first-order valence-corrected chi connectivity index (χ1v) is 7.10. The molecule has 1 aromatic carbocycles. The Balaban J connectivity index is 1.45. The third kappa shape index (κ3) is 3.19. The zero-order valence-corrected chi connectivity index (χ0v) is 11.2. The molecule has 2 aliphatic rings. The molecule has 2 heterocycles. The maximum Gasteiger partial charge on any atom is 0.231 e. The third-order valence-electron chi connectivity index (χ3n) is 3.93. The van der Waals surface area contributed by atoms with E-state index >= 15 is 0 Å². The number of aliphatic hydroxyl groups excluding tert-OH is 1. The van der Waals surface area contributed by atoms with Crippen LogP contribution in [0.5, 0.6) is 11.5 Å². The van der Waals surface area contributed by atoms with E-state index in [0.717, 1.165) is 56.8 Å². The molecular weight excluding hydrogens is 242 g/mol. The molecule has 2 aliphatic heterocycles. The fourth-order valence-electron chi connectivity index (χ4n) is 2.75. The second-order valence-corrected chi connectivity index (χ2v) is 5.36. The summed E-state index contributed by atoms with van der Waals surface area (Å²) in [6.07, 6.45) is 3.98. The van der Waals surface area contributed by atoms with E-state index in [2.05, 4.69) is 17.0 Å². The summed E-state index contributed by atoms with van der Waals surface area (Å²) in [5, 5.41) is 9.47. The molecule has 1 N–H and O–H groups in total. The van der Waals surface area contributed by atoms with Gasteiger partial charge in [-0.15, -0.1) is 0 Å². The van der Waals surface area contributed by atoms with Gasteiger partial charge in [0.2, 0.25) is 6.79 Å². The molecule has 0 bridgehead atoms. The Bertz CT molecular complexity index is 427. The maximum absolute atomic E-state index is 9.47. The van der Waals surface area contributed by atoms with Crippen molar-refractivity contribution < 1.29 is 14.6 Å². The van der Waals surface area contributed by atoms with E-state index in [0.29, 0.717) is 6.79 Å². The van der Waals surface area contributed by atoms with E-state index in [1.807, 2.05) is 6.07 Å². The van der Waals surface area contributed by atoms with Crippen molar-refractivity contribution in [3.05, 3.63) is 23.8 Å². The van der Waals surface area contributed by atoms with Crippen molar-refractivity contribution in [2.75, 3.05) is 26.4 Å². The molecule has 1 fully saturated rings. The van der Waals surface area contributed by atoms with Gasteiger partial charge in [-0.1, -0.05) is 6.07 Å². The number of hydrogen-bond acceptors (Lipinski definition) is 4. The molecule has 0 spiro atoms. The Kier molecular flexibility index (Phi) is 3.89. The van der Waals surface area contributed by atoms with Crippen molar-refractivity contribution >= 4 is 0 Å². The average Bonchev–Trinajstić information content (AvgIpc) is 2.88. The highest BCUT2D eigenvalue weighted by atomic mass is 16.7. The first-order chi connectivity index (χ1) is 9.31. The fraction of sp³-hybridized carbons (Fsp3) is 0.600. The molecule has 0 amide bonds. The van der Waals surface area contributed by atoms with Gasteiger partial charge in [-0.25, -0.2) is 0 Å². The average molecular weight is 263 g/mol. The largest absolute Gasteiger partial charge is 0.454 e. The van der Waals surface area contributed by atoms with Gasteiger partial charge in [0.1, 0.15) is 0 Å². The standard InChI is InChI=1S/C15H21NO3/c17-13-5-8-16(9-6-13)7-1-2-12-3-4-14-15(10-12)19-11-18-14/h3-4,10,13,17H,1-2,5-9,11H2. The number of nitrogens with zero attached hydrogens (tertiary/aromatic N) is 1. The monoisotopic (exact) mass is 263 g/mol. The van der Waals surface area contributed by atoms with E-state index in [4.69, 9.17) is 9.47 Å². The van der Waals surface area contributed by atoms with E-state index in [-0.39, 0.29) is 6.10 Å². The lowest BCUT2D eigenvalue weighted by Gasteiger charge is -2.29. The van der Waals surface area contributed by atoms with Crippen LogP contribution in [0.25, 0.3) is 0 Å². The SMILES string of the molecule is OC1CCN(CCCc2ccc3c(c2)OCO3)CC1. The molecule has 0 aliphatic carbocycles. The molecular formula is C15H21NO3. The van der Waals surface area contributed by atoms with E-state index < -0.39 is 0 Å². The van der Waals surface area contributed by atoms with Crippen LogP contribution in [-0.2, 0) is 6.42 Å². The molecule has 104 valence electrons. The van der Waals surface area contributed by atoms with Gasteiger partial charge < -0.3 is 19.5 Å². The first kappa shape index (κ1) is 12.8. The molecule has 0 aromatic heterocycles. The van der Waals surface area contributed by atoms with Crippen molar-refractivity contribution in [3.63, 3.8) is 0 Å². The number of aliphatic hydroxyl groups is 1. The van der Waals surface area contributed by atoms with E-state index in [1.54, 1.807) is 0 Å². The molecule has 1 saturated heterocycles. The zero-order valence-electron chi connectivity index (χ0n) is 11.2. The first-order valence-electron chi connectivity index (χ1n) is 7.10. The Labute approximate surface area is 113 Å². The lowest BCUT2D eigenvalue weighted by atomic mass is 10.1. The Morgan fingerprint density at radius 2 is 1.95 bits per heavy atom. The molecule has 3 rings (SSSR count). The predicted octanol–water partition coefficient (Wildman–Crippen LogP) is 1.80. The Morgan fingerprint density at radius 3 is 2.79 bits per heavy atom. The van der Waals surface area contributed by atoms with Crippen LogP contribution in [0.2, 0.25) is 0 Å². The van der Waals surface area contributed by atoms with Crippen molar-refractivity contribution in [1.82, 2.24) is 4.90 Å². The van der Waals surface area contributed by atoms with Crippen LogP contribution >= 0.6 is 0 Å². The van der Waals surface area contributed by atoms with Crippen molar-refractivity contribution in [3.8, 4) is 11.5 Å². The minimum Gasteiger partial charge on any atom is -0.454 e. The normalized spacial score (nSPS) is 19.8. The van der Waals surface area contributed by atoms with Gasteiger partial charge in [0.05, 0.1) is 6.10 Å². The summed E-state index contributed by atoms with van der Waals surface area (Å²) < 4.78 is 10.7. The van der Waals surface area contributed by atoms with Crippen LogP contribution in [0.1, 0.15) is 24.8 Å². The van der Waals surface area contributed by atoms with Crippen LogP contribution in [0.3, 0.4) is 0 Å². The lowest BCUT2D eigenvalue weighted by molar-refractivity contribution is 0.0821. The second kappa shape index (κ2) is 5.80. The van der Waals surface area contributed by atoms with E-state index in [9.17, 15) is 5.11 Å². The minimum absolute atomic E-state index is 0.0786. The molecule has 0 atom stereocenters. The highest BCUT2D eigenvalue weighted by molar-refractivity contribution is 5.44. The summed E-state index contributed by atoms with van der Waals surface area (Å²) in [7, 11) is 0. The summed E-state index contributed by atoms with van der Waals surface area (Å²) in [6.45, 7) is 3.51. The summed E-state index contributed by atoms with van der Waals surface area (Å²) in [5.41, 5.74) is 1.31. The highest BCUT2D eigenvalue weighted by Crippen LogP contribution is 2.32. The minimum atomic E-state index is -0.0786. The predicted molar refractivity (Wildman–Crippen MR) is 72.6 cm³/mol. The number of hydrogen-bond donors (Lipinski definition) is 1. The van der Waals surface area contributed by atoms with Gasteiger partial charge in [-0.3, -0.25) is 0 Å². The summed E-state index contributed by atoms with van der Waals surface area (Å²) >= 11 is 0. The van der Waals surface area contributed by atoms with Gasteiger partial charge in [0, 0.05) is 13.1 Å². The summed E-state index contributed by atoms with van der Waals surface area (Å²) in [5.74, 6) is 1.73. The van der Waals surface area contributed by atoms with Crippen LogP contribution < -0.4 is 9.47 Å². The molecule has 0 unspecified atom stereocenters. The summed E-state index contributed by atoms with van der Waals surface area (Å²) in [6, 6.07) is 6.20. The molecule has 0 radical (unpaired) electrons. The number of likely N-dealkylation sites (tertiary alicyclic amines) is 1. The molecule has 1 aromatic rings.